The molecule has 3 aromatic rings. The van der Waals surface area contributed by atoms with Gasteiger partial charge in [0.05, 0.1) is 24.0 Å². The van der Waals surface area contributed by atoms with Crippen molar-refractivity contribution in [2.75, 3.05) is 5.32 Å². The summed E-state index contributed by atoms with van der Waals surface area (Å²) in [6, 6.07) is 13.9. The molecule has 1 heterocycles. The van der Waals surface area contributed by atoms with E-state index >= 15 is 0 Å². The molecule has 0 saturated heterocycles. The Bertz CT molecular complexity index is 890. The zero-order valence-electron chi connectivity index (χ0n) is 14.1. The first-order chi connectivity index (χ1) is 12.0. The Morgan fingerprint density at radius 3 is 2.36 bits per heavy atom. The first kappa shape index (κ1) is 16.8. The number of nitrogens with zero attached hydrogens (tertiary/aromatic N) is 2. The van der Waals surface area contributed by atoms with Gasteiger partial charge in [-0.1, -0.05) is 29.8 Å². The van der Waals surface area contributed by atoms with Gasteiger partial charge in [0.15, 0.2) is 5.82 Å². The van der Waals surface area contributed by atoms with Crippen molar-refractivity contribution >= 4 is 11.7 Å². The molecule has 0 radical (unpaired) electrons. The molecule has 4 nitrogen and oxygen atoms in total. The van der Waals surface area contributed by atoms with Gasteiger partial charge in [-0.15, -0.1) is 0 Å². The zero-order chi connectivity index (χ0) is 17.8. The highest BCUT2D eigenvalue weighted by atomic mass is 19.1. The van der Waals surface area contributed by atoms with Crippen molar-refractivity contribution in [3.8, 4) is 11.3 Å². The largest absolute Gasteiger partial charge is 0.309 e. The van der Waals surface area contributed by atoms with Crippen molar-refractivity contribution in [2.24, 2.45) is 0 Å². The Morgan fingerprint density at radius 2 is 1.72 bits per heavy atom. The van der Waals surface area contributed by atoms with Crippen LogP contribution >= 0.6 is 0 Å². The number of aromatic nitrogens is 2. The van der Waals surface area contributed by atoms with E-state index in [1.54, 1.807) is 25.3 Å². The molecule has 1 aromatic heterocycles. The van der Waals surface area contributed by atoms with Crippen LogP contribution in [0.4, 0.5) is 10.2 Å². The van der Waals surface area contributed by atoms with Crippen LogP contribution in [0.1, 0.15) is 16.8 Å². The summed E-state index contributed by atoms with van der Waals surface area (Å²) in [6.45, 7) is 3.78. The molecule has 0 unspecified atom stereocenters. The third kappa shape index (κ3) is 4.26. The van der Waals surface area contributed by atoms with Crippen molar-refractivity contribution in [3.05, 3.63) is 77.4 Å². The van der Waals surface area contributed by atoms with Gasteiger partial charge in [0.25, 0.3) is 0 Å². The molecule has 1 N–H and O–H groups in total. The lowest BCUT2D eigenvalue weighted by Crippen LogP contribution is -2.16. The van der Waals surface area contributed by atoms with Gasteiger partial charge in [-0.05, 0) is 43.7 Å². The van der Waals surface area contributed by atoms with E-state index in [4.69, 9.17) is 0 Å². The number of hydrogen-bond acceptors (Lipinski definition) is 3. The summed E-state index contributed by atoms with van der Waals surface area (Å²) in [6.07, 6.45) is 1.85. The number of aryl methyl sites for hydroxylation is 2. The first-order valence-corrected chi connectivity index (χ1v) is 7.96. The van der Waals surface area contributed by atoms with Crippen molar-refractivity contribution in [1.82, 2.24) is 9.97 Å². The minimum atomic E-state index is -0.298. The fraction of sp³-hybridized carbons (Fsp3) is 0.150. The van der Waals surface area contributed by atoms with Gasteiger partial charge in [0, 0.05) is 5.56 Å². The smallest absolute Gasteiger partial charge is 0.229 e. The first-order valence-electron chi connectivity index (χ1n) is 7.96. The van der Waals surface area contributed by atoms with Crippen molar-refractivity contribution in [1.29, 1.82) is 0 Å². The number of amides is 1. The molecular formula is C20H18FN3O. The number of hydrogen-bond donors (Lipinski definition) is 1. The van der Waals surface area contributed by atoms with E-state index < -0.39 is 0 Å². The van der Waals surface area contributed by atoms with Crippen LogP contribution in [-0.2, 0) is 11.2 Å². The fourth-order valence-corrected chi connectivity index (χ4v) is 2.43. The summed E-state index contributed by atoms with van der Waals surface area (Å²) in [5, 5.41) is 2.79. The summed E-state index contributed by atoms with van der Waals surface area (Å²) in [5.74, 6) is -0.00724. The van der Waals surface area contributed by atoms with Crippen LogP contribution < -0.4 is 5.32 Å². The molecular weight excluding hydrogens is 317 g/mol. The molecule has 0 aliphatic heterocycles. The third-order valence-corrected chi connectivity index (χ3v) is 3.83. The highest BCUT2D eigenvalue weighted by Gasteiger charge is 2.10. The lowest BCUT2D eigenvalue weighted by Gasteiger charge is -2.09. The quantitative estimate of drug-likeness (QED) is 0.781. The maximum absolute atomic E-state index is 13.0. The highest BCUT2D eigenvalue weighted by Crippen LogP contribution is 2.19. The van der Waals surface area contributed by atoms with Crippen LogP contribution in [0.15, 0.2) is 54.7 Å². The number of carbonyl (C=O) groups excluding carboxylic acids is 1. The van der Waals surface area contributed by atoms with Gasteiger partial charge in [0.2, 0.25) is 5.91 Å². The Hall–Kier alpha value is -3.08. The molecule has 0 atom stereocenters. The minimum Gasteiger partial charge on any atom is -0.309 e. The van der Waals surface area contributed by atoms with E-state index in [-0.39, 0.29) is 18.1 Å². The summed E-state index contributed by atoms with van der Waals surface area (Å²) < 4.78 is 13.0. The highest BCUT2D eigenvalue weighted by molar-refractivity contribution is 5.91. The van der Waals surface area contributed by atoms with E-state index in [1.807, 2.05) is 31.2 Å². The fourth-order valence-electron chi connectivity index (χ4n) is 2.43. The molecule has 0 spiro atoms. The molecule has 0 aliphatic carbocycles. The van der Waals surface area contributed by atoms with Crippen molar-refractivity contribution < 1.29 is 9.18 Å². The molecule has 0 aliphatic rings. The van der Waals surface area contributed by atoms with Crippen LogP contribution in [0.2, 0.25) is 0 Å². The average molecular weight is 335 g/mol. The van der Waals surface area contributed by atoms with Crippen LogP contribution in [-0.4, -0.2) is 15.9 Å². The van der Waals surface area contributed by atoms with E-state index in [0.29, 0.717) is 17.2 Å². The molecule has 0 bridgehead atoms. The standard InChI is InChI=1S/C20H18FN3O/c1-13-3-5-15(6-4-13)11-19(25)24-20-14(2)23-18(12-22-20)16-7-9-17(21)10-8-16/h3-10,12H,11H2,1-2H3,(H,22,24,25). The SMILES string of the molecule is Cc1ccc(CC(=O)Nc2ncc(-c3ccc(F)cc3)nc2C)cc1. The Balaban J connectivity index is 1.71. The number of benzene rings is 2. The Kier molecular flexibility index (Phi) is 4.84. The molecule has 25 heavy (non-hydrogen) atoms. The minimum absolute atomic E-state index is 0.143. The Morgan fingerprint density at radius 1 is 1.04 bits per heavy atom. The summed E-state index contributed by atoms with van der Waals surface area (Å²) >= 11 is 0. The predicted octanol–water partition coefficient (Wildman–Crippen LogP) is 4.08. The normalized spacial score (nSPS) is 10.5. The number of carbonyl (C=O) groups is 1. The van der Waals surface area contributed by atoms with Gasteiger partial charge in [-0.3, -0.25) is 4.79 Å². The lowest BCUT2D eigenvalue weighted by molar-refractivity contribution is -0.115. The second-order valence-electron chi connectivity index (χ2n) is 5.91. The van der Waals surface area contributed by atoms with E-state index in [1.165, 1.54) is 12.1 Å². The molecule has 0 fully saturated rings. The number of rotatable bonds is 4. The third-order valence-electron chi connectivity index (χ3n) is 3.83. The van der Waals surface area contributed by atoms with Gasteiger partial charge in [-0.2, -0.15) is 0 Å². The maximum atomic E-state index is 13.0. The molecule has 3 rings (SSSR count). The molecule has 5 heteroatoms. The van der Waals surface area contributed by atoms with Crippen molar-refractivity contribution in [3.63, 3.8) is 0 Å². The van der Waals surface area contributed by atoms with E-state index in [0.717, 1.165) is 16.7 Å². The summed E-state index contributed by atoms with van der Waals surface area (Å²) in [4.78, 5) is 20.9. The summed E-state index contributed by atoms with van der Waals surface area (Å²) in [5.41, 5.74) is 4.11. The van der Waals surface area contributed by atoms with E-state index in [9.17, 15) is 9.18 Å². The summed E-state index contributed by atoms with van der Waals surface area (Å²) in [7, 11) is 0. The van der Waals surface area contributed by atoms with Crippen LogP contribution in [0.25, 0.3) is 11.3 Å². The van der Waals surface area contributed by atoms with Gasteiger partial charge < -0.3 is 5.32 Å². The van der Waals surface area contributed by atoms with Gasteiger partial charge >= 0.3 is 0 Å². The van der Waals surface area contributed by atoms with Gasteiger partial charge in [0.1, 0.15) is 5.82 Å². The number of halogens is 1. The molecule has 2 aromatic carbocycles. The monoisotopic (exact) mass is 335 g/mol. The molecule has 0 saturated carbocycles. The lowest BCUT2D eigenvalue weighted by atomic mass is 10.1. The second-order valence-corrected chi connectivity index (χ2v) is 5.91. The maximum Gasteiger partial charge on any atom is 0.229 e. The zero-order valence-corrected chi connectivity index (χ0v) is 14.1. The van der Waals surface area contributed by atoms with Crippen molar-refractivity contribution in [2.45, 2.75) is 20.3 Å². The van der Waals surface area contributed by atoms with Crippen LogP contribution in [0.5, 0.6) is 0 Å². The average Bonchev–Trinajstić information content (AvgIpc) is 2.59. The number of anilines is 1. The van der Waals surface area contributed by atoms with Crippen LogP contribution in [0.3, 0.4) is 0 Å². The predicted molar refractivity (Wildman–Crippen MR) is 95.7 cm³/mol. The molecule has 126 valence electrons. The van der Waals surface area contributed by atoms with E-state index in [2.05, 4.69) is 15.3 Å². The number of nitrogens with one attached hydrogen (secondary N) is 1. The van der Waals surface area contributed by atoms with Crippen LogP contribution in [0, 0.1) is 19.7 Å². The second kappa shape index (κ2) is 7.21. The topological polar surface area (TPSA) is 54.9 Å². The molecule has 1 amide bonds. The Labute approximate surface area is 145 Å². The van der Waals surface area contributed by atoms with Gasteiger partial charge in [-0.25, -0.2) is 14.4 Å².